The van der Waals surface area contributed by atoms with Gasteiger partial charge in [-0.25, -0.2) is 4.39 Å². The molecule has 0 aliphatic heterocycles. The third kappa shape index (κ3) is 3.61. The van der Waals surface area contributed by atoms with Crippen molar-refractivity contribution < 1.29 is 18.7 Å². The number of hydrogen-bond donors (Lipinski definition) is 2. The fourth-order valence-electron chi connectivity index (χ4n) is 2.07. The van der Waals surface area contributed by atoms with Gasteiger partial charge in [0.1, 0.15) is 5.82 Å². The smallest absolute Gasteiger partial charge is 0.262 e. The minimum absolute atomic E-state index is 0.126. The van der Waals surface area contributed by atoms with E-state index in [9.17, 15) is 14.0 Å². The lowest BCUT2D eigenvalue weighted by atomic mass is 10.1. The van der Waals surface area contributed by atoms with Crippen LogP contribution in [0.3, 0.4) is 0 Å². The van der Waals surface area contributed by atoms with Crippen molar-refractivity contribution in [3.63, 3.8) is 0 Å². The number of hydrogen-bond acceptors (Lipinski definition) is 4. The summed E-state index contributed by atoms with van der Waals surface area (Å²) in [6.07, 6.45) is 0. The van der Waals surface area contributed by atoms with E-state index in [1.54, 1.807) is 19.1 Å². The van der Waals surface area contributed by atoms with E-state index in [2.05, 4.69) is 10.6 Å². The molecule has 5 nitrogen and oxygen atoms in total. The van der Waals surface area contributed by atoms with Crippen molar-refractivity contribution in [2.24, 2.45) is 0 Å². The first kappa shape index (κ1) is 16.4. The zero-order chi connectivity index (χ0) is 16.1. The van der Waals surface area contributed by atoms with Crippen molar-refractivity contribution in [2.45, 2.75) is 6.92 Å². The maximum atomic E-state index is 13.8. The van der Waals surface area contributed by atoms with Crippen molar-refractivity contribution >= 4 is 33.2 Å². The van der Waals surface area contributed by atoms with Gasteiger partial charge in [0.05, 0.1) is 18.0 Å². The van der Waals surface area contributed by atoms with Crippen LogP contribution < -0.4 is 10.6 Å². The minimum Gasteiger partial charge on any atom is -0.383 e. The van der Waals surface area contributed by atoms with Crippen molar-refractivity contribution in [1.82, 2.24) is 10.6 Å². The lowest BCUT2D eigenvalue weighted by Gasteiger charge is -2.06. The molecule has 1 aromatic carbocycles. The van der Waals surface area contributed by atoms with E-state index in [0.717, 1.165) is 0 Å². The molecule has 0 saturated heterocycles. The van der Waals surface area contributed by atoms with Gasteiger partial charge in [-0.1, -0.05) is 6.07 Å². The van der Waals surface area contributed by atoms with E-state index in [-0.39, 0.29) is 24.2 Å². The molecule has 1 heterocycles. The fraction of sp³-hybridized carbons (Fsp3) is 0.333. The Morgan fingerprint density at radius 1 is 1.32 bits per heavy atom. The average Bonchev–Trinajstić information content (AvgIpc) is 2.83. The number of rotatable bonds is 6. The third-order valence-electron chi connectivity index (χ3n) is 3.15. The first-order valence-electron chi connectivity index (χ1n) is 6.76. The van der Waals surface area contributed by atoms with E-state index < -0.39 is 0 Å². The highest BCUT2D eigenvalue weighted by atomic mass is 32.1. The van der Waals surface area contributed by atoms with Gasteiger partial charge in [-0.3, -0.25) is 9.59 Å². The highest BCUT2D eigenvalue weighted by Crippen LogP contribution is 2.32. The van der Waals surface area contributed by atoms with Crippen LogP contribution in [0.25, 0.3) is 10.1 Å². The van der Waals surface area contributed by atoms with Crippen molar-refractivity contribution in [2.75, 3.05) is 26.8 Å². The van der Waals surface area contributed by atoms with Gasteiger partial charge in [0.25, 0.3) is 5.91 Å². The largest absolute Gasteiger partial charge is 0.383 e. The van der Waals surface area contributed by atoms with Gasteiger partial charge < -0.3 is 15.4 Å². The molecule has 2 N–H and O–H groups in total. The molecule has 0 aliphatic rings. The molecular formula is C15H17FN2O3S. The van der Waals surface area contributed by atoms with Crippen LogP contribution in [0.5, 0.6) is 0 Å². The number of halogens is 1. The van der Waals surface area contributed by atoms with Crippen molar-refractivity contribution in [3.8, 4) is 0 Å². The van der Waals surface area contributed by atoms with Crippen LogP contribution in [0.2, 0.25) is 0 Å². The quantitative estimate of drug-likeness (QED) is 0.797. The Balaban J connectivity index is 2.03. The zero-order valence-corrected chi connectivity index (χ0v) is 13.2. The fourth-order valence-corrected chi connectivity index (χ4v) is 3.21. The molecule has 0 aliphatic carbocycles. The normalized spacial score (nSPS) is 10.7. The molecule has 22 heavy (non-hydrogen) atoms. The number of thiophene rings is 1. The van der Waals surface area contributed by atoms with E-state index in [1.807, 2.05) is 0 Å². The Bertz CT molecular complexity index is 699. The lowest BCUT2D eigenvalue weighted by Crippen LogP contribution is -2.38. The predicted octanol–water partition coefficient (Wildman–Crippen LogP) is 1.84. The lowest BCUT2D eigenvalue weighted by molar-refractivity contribution is -0.120. The first-order chi connectivity index (χ1) is 10.5. The number of methoxy groups -OCH3 is 1. The minimum atomic E-state index is -0.375. The van der Waals surface area contributed by atoms with Crippen molar-refractivity contribution in [1.29, 1.82) is 0 Å². The molecular weight excluding hydrogens is 307 g/mol. The Hall–Kier alpha value is -1.99. The molecule has 118 valence electrons. The summed E-state index contributed by atoms with van der Waals surface area (Å²) in [7, 11) is 1.54. The molecule has 2 amide bonds. The van der Waals surface area contributed by atoms with Crippen LogP contribution in [0.4, 0.5) is 4.39 Å². The molecule has 1 aromatic heterocycles. The maximum Gasteiger partial charge on any atom is 0.262 e. The van der Waals surface area contributed by atoms with Gasteiger partial charge in [0.15, 0.2) is 0 Å². The van der Waals surface area contributed by atoms with E-state index in [1.165, 1.54) is 24.5 Å². The molecule has 0 radical (unpaired) electrons. The van der Waals surface area contributed by atoms with Crippen LogP contribution in [0, 0.1) is 12.7 Å². The number of amides is 2. The molecule has 0 saturated carbocycles. The number of carbonyl (C=O) groups excluding carboxylic acids is 2. The summed E-state index contributed by atoms with van der Waals surface area (Å²) in [5.41, 5.74) is 0.593. The molecule has 0 fully saturated rings. The number of fused-ring (bicyclic) bond motifs is 1. The van der Waals surface area contributed by atoms with Gasteiger partial charge in [0.2, 0.25) is 5.91 Å². The summed E-state index contributed by atoms with van der Waals surface area (Å²) in [6.45, 7) is 2.38. The molecule has 0 atom stereocenters. The summed E-state index contributed by atoms with van der Waals surface area (Å²) < 4.78 is 19.3. The molecule has 7 heteroatoms. The zero-order valence-electron chi connectivity index (χ0n) is 12.4. The predicted molar refractivity (Wildman–Crippen MR) is 83.7 cm³/mol. The standard InChI is InChI=1S/C15H17FN2O3S/c1-9-13-10(16)4-3-5-11(13)22-14(9)15(20)18-8-12(19)17-6-7-21-2/h3-5H,6-8H2,1-2H3,(H,17,19)(H,18,20). The Morgan fingerprint density at radius 3 is 2.77 bits per heavy atom. The molecule has 0 bridgehead atoms. The van der Waals surface area contributed by atoms with Crippen LogP contribution in [0.1, 0.15) is 15.2 Å². The second-order valence-corrected chi connectivity index (χ2v) is 5.75. The van der Waals surface area contributed by atoms with Gasteiger partial charge >= 0.3 is 0 Å². The third-order valence-corrected chi connectivity index (χ3v) is 4.40. The number of benzene rings is 1. The van der Waals surface area contributed by atoms with Gasteiger partial charge in [-0.05, 0) is 24.6 Å². The summed E-state index contributed by atoms with van der Waals surface area (Å²) in [4.78, 5) is 24.1. The van der Waals surface area contributed by atoms with Gasteiger partial charge in [-0.2, -0.15) is 0 Å². The Morgan fingerprint density at radius 2 is 2.09 bits per heavy atom. The van der Waals surface area contributed by atoms with Crippen molar-refractivity contribution in [3.05, 3.63) is 34.5 Å². The van der Waals surface area contributed by atoms with E-state index in [4.69, 9.17) is 4.74 Å². The summed E-state index contributed by atoms with van der Waals surface area (Å²) >= 11 is 1.22. The molecule has 2 aromatic rings. The molecule has 0 spiro atoms. The van der Waals surface area contributed by atoms with Crippen LogP contribution in [-0.2, 0) is 9.53 Å². The molecule has 0 unspecified atom stereocenters. The van der Waals surface area contributed by atoms with Crippen LogP contribution >= 0.6 is 11.3 Å². The van der Waals surface area contributed by atoms with Crippen LogP contribution in [-0.4, -0.2) is 38.6 Å². The number of nitrogens with one attached hydrogen (secondary N) is 2. The van der Waals surface area contributed by atoms with E-state index in [0.29, 0.717) is 33.7 Å². The van der Waals surface area contributed by atoms with Crippen LogP contribution in [0.15, 0.2) is 18.2 Å². The van der Waals surface area contributed by atoms with Gasteiger partial charge in [0, 0.05) is 23.7 Å². The SMILES string of the molecule is COCCNC(=O)CNC(=O)c1sc2cccc(F)c2c1C. The van der Waals surface area contributed by atoms with Gasteiger partial charge in [-0.15, -0.1) is 11.3 Å². The second kappa shape index (κ2) is 7.33. The van der Waals surface area contributed by atoms with E-state index >= 15 is 0 Å². The Labute approximate surface area is 131 Å². The highest BCUT2D eigenvalue weighted by molar-refractivity contribution is 7.21. The second-order valence-electron chi connectivity index (χ2n) is 4.69. The first-order valence-corrected chi connectivity index (χ1v) is 7.57. The topological polar surface area (TPSA) is 67.4 Å². The maximum absolute atomic E-state index is 13.8. The number of carbonyl (C=O) groups is 2. The average molecular weight is 324 g/mol. The summed E-state index contributed by atoms with van der Waals surface area (Å²) in [6, 6.07) is 4.75. The summed E-state index contributed by atoms with van der Waals surface area (Å²) in [5.74, 6) is -1.02. The number of ether oxygens (including phenoxy) is 1. The Kier molecular flexibility index (Phi) is 5.46. The molecule has 2 rings (SSSR count). The number of aryl methyl sites for hydroxylation is 1. The highest BCUT2D eigenvalue weighted by Gasteiger charge is 2.18. The monoisotopic (exact) mass is 324 g/mol. The summed E-state index contributed by atoms with van der Waals surface area (Å²) in [5, 5.41) is 5.61.